The second-order valence-electron chi connectivity index (χ2n) is 5.26. The van der Waals surface area contributed by atoms with Gasteiger partial charge in [0.15, 0.2) is 0 Å². The average Bonchev–Trinajstić information content (AvgIpc) is 2.25. The monoisotopic (exact) mass is 231 g/mol. The second kappa shape index (κ2) is 5.67. The lowest BCUT2D eigenvalue weighted by molar-refractivity contribution is 0.363. The third kappa shape index (κ3) is 4.44. The first-order chi connectivity index (χ1) is 7.94. The minimum absolute atomic E-state index is 0.132. The molecule has 1 aromatic rings. The van der Waals surface area contributed by atoms with Crippen molar-refractivity contribution < 1.29 is 0 Å². The summed E-state index contributed by atoms with van der Waals surface area (Å²) in [7, 11) is 0. The number of nitriles is 1. The Kier molecular flexibility index (Phi) is 4.51. The number of pyridine rings is 1. The van der Waals surface area contributed by atoms with Gasteiger partial charge in [0.05, 0.1) is 17.5 Å². The first-order valence-electron chi connectivity index (χ1n) is 6.00. The molecular formula is C14H21N3. The standard InChI is InChI=1S/C14H21N3/c1-11-6-7-13(12(2)17-11)16-10-14(3,4)8-5-9-15/h6-7,16H,5,8,10H2,1-4H3. The Morgan fingerprint density at radius 2 is 2.06 bits per heavy atom. The van der Waals surface area contributed by atoms with E-state index in [-0.39, 0.29) is 5.41 Å². The van der Waals surface area contributed by atoms with E-state index in [2.05, 4.69) is 36.3 Å². The van der Waals surface area contributed by atoms with E-state index in [1.54, 1.807) is 0 Å². The Balaban J connectivity index is 2.58. The van der Waals surface area contributed by atoms with Crippen LogP contribution in [0, 0.1) is 30.6 Å². The number of aryl methyl sites for hydroxylation is 2. The Labute approximate surface area is 104 Å². The zero-order valence-corrected chi connectivity index (χ0v) is 11.2. The van der Waals surface area contributed by atoms with Gasteiger partial charge in [0.25, 0.3) is 0 Å². The van der Waals surface area contributed by atoms with Crippen molar-refractivity contribution in [2.24, 2.45) is 5.41 Å². The molecule has 0 unspecified atom stereocenters. The molecule has 0 saturated carbocycles. The maximum Gasteiger partial charge on any atom is 0.0621 e. The van der Waals surface area contributed by atoms with Gasteiger partial charge in [0.2, 0.25) is 0 Å². The summed E-state index contributed by atoms with van der Waals surface area (Å²) in [6.07, 6.45) is 1.52. The molecule has 0 aliphatic carbocycles. The molecular weight excluding hydrogens is 210 g/mol. The molecule has 0 bridgehead atoms. The van der Waals surface area contributed by atoms with Crippen LogP contribution < -0.4 is 5.32 Å². The van der Waals surface area contributed by atoms with E-state index < -0.39 is 0 Å². The largest absolute Gasteiger partial charge is 0.383 e. The fourth-order valence-electron chi connectivity index (χ4n) is 1.69. The van der Waals surface area contributed by atoms with Crippen molar-refractivity contribution in [2.75, 3.05) is 11.9 Å². The van der Waals surface area contributed by atoms with Crippen LogP contribution in [0.4, 0.5) is 5.69 Å². The van der Waals surface area contributed by atoms with Gasteiger partial charge in [-0.05, 0) is 37.8 Å². The van der Waals surface area contributed by atoms with Gasteiger partial charge < -0.3 is 5.32 Å². The molecule has 0 atom stereocenters. The quantitative estimate of drug-likeness (QED) is 0.844. The Morgan fingerprint density at radius 1 is 1.35 bits per heavy atom. The van der Waals surface area contributed by atoms with E-state index >= 15 is 0 Å². The molecule has 17 heavy (non-hydrogen) atoms. The predicted molar refractivity (Wildman–Crippen MR) is 70.8 cm³/mol. The molecule has 0 aromatic carbocycles. The number of hydrogen-bond donors (Lipinski definition) is 1. The van der Waals surface area contributed by atoms with Crippen LogP contribution >= 0.6 is 0 Å². The predicted octanol–water partition coefficient (Wildman–Crippen LogP) is 3.44. The summed E-state index contributed by atoms with van der Waals surface area (Å²) in [6, 6.07) is 6.28. The lowest BCUT2D eigenvalue weighted by Crippen LogP contribution is -2.23. The molecule has 1 rings (SSSR count). The summed E-state index contributed by atoms with van der Waals surface area (Å²) in [6.45, 7) is 9.22. The lowest BCUT2D eigenvalue weighted by Gasteiger charge is -2.24. The maximum atomic E-state index is 8.61. The summed E-state index contributed by atoms with van der Waals surface area (Å²) in [5.41, 5.74) is 3.28. The van der Waals surface area contributed by atoms with Crippen LogP contribution in [0.3, 0.4) is 0 Å². The Morgan fingerprint density at radius 3 is 2.65 bits per heavy atom. The van der Waals surface area contributed by atoms with Crippen LogP contribution in [-0.2, 0) is 0 Å². The van der Waals surface area contributed by atoms with Crippen LogP contribution in [-0.4, -0.2) is 11.5 Å². The highest BCUT2D eigenvalue weighted by Crippen LogP contribution is 2.23. The average molecular weight is 231 g/mol. The molecule has 0 saturated heterocycles. The van der Waals surface area contributed by atoms with E-state index in [0.29, 0.717) is 6.42 Å². The number of rotatable bonds is 5. The fraction of sp³-hybridized carbons (Fsp3) is 0.571. The highest BCUT2D eigenvalue weighted by atomic mass is 14.9. The van der Waals surface area contributed by atoms with E-state index in [1.807, 2.05) is 19.9 Å². The molecule has 1 aromatic heterocycles. The van der Waals surface area contributed by atoms with Crippen LogP contribution in [0.2, 0.25) is 0 Å². The van der Waals surface area contributed by atoms with Gasteiger partial charge >= 0.3 is 0 Å². The van der Waals surface area contributed by atoms with Crippen LogP contribution in [0.1, 0.15) is 38.1 Å². The first-order valence-corrected chi connectivity index (χ1v) is 6.00. The van der Waals surface area contributed by atoms with E-state index in [4.69, 9.17) is 5.26 Å². The van der Waals surface area contributed by atoms with Gasteiger partial charge in [-0.15, -0.1) is 0 Å². The van der Waals surface area contributed by atoms with Gasteiger partial charge in [-0.3, -0.25) is 4.98 Å². The summed E-state index contributed by atoms with van der Waals surface area (Å²) < 4.78 is 0. The minimum atomic E-state index is 0.132. The molecule has 0 aliphatic heterocycles. The molecule has 0 aliphatic rings. The smallest absolute Gasteiger partial charge is 0.0621 e. The van der Waals surface area contributed by atoms with Crippen molar-refractivity contribution in [3.05, 3.63) is 23.5 Å². The molecule has 0 radical (unpaired) electrons. The molecule has 3 nitrogen and oxygen atoms in total. The lowest BCUT2D eigenvalue weighted by atomic mass is 9.88. The maximum absolute atomic E-state index is 8.61. The number of aromatic nitrogens is 1. The Bertz CT molecular complexity index is 416. The molecule has 0 amide bonds. The third-order valence-electron chi connectivity index (χ3n) is 2.90. The molecule has 1 heterocycles. The summed E-state index contributed by atoms with van der Waals surface area (Å²) in [5, 5.41) is 12.0. The SMILES string of the molecule is Cc1ccc(NCC(C)(C)CCC#N)c(C)n1. The van der Waals surface area contributed by atoms with Crippen molar-refractivity contribution in [2.45, 2.75) is 40.5 Å². The topological polar surface area (TPSA) is 48.7 Å². The number of nitrogens with one attached hydrogen (secondary N) is 1. The second-order valence-corrected chi connectivity index (χ2v) is 5.26. The molecule has 0 fully saturated rings. The van der Waals surface area contributed by atoms with Gasteiger partial charge in [-0.1, -0.05) is 13.8 Å². The molecule has 3 heteroatoms. The summed E-state index contributed by atoms with van der Waals surface area (Å²) in [5.74, 6) is 0. The molecule has 92 valence electrons. The first kappa shape index (κ1) is 13.5. The number of anilines is 1. The van der Waals surface area contributed by atoms with Crippen LogP contribution in [0.25, 0.3) is 0 Å². The van der Waals surface area contributed by atoms with E-state index in [9.17, 15) is 0 Å². The van der Waals surface area contributed by atoms with Gasteiger partial charge in [-0.25, -0.2) is 0 Å². The zero-order valence-electron chi connectivity index (χ0n) is 11.2. The van der Waals surface area contributed by atoms with Crippen LogP contribution in [0.15, 0.2) is 12.1 Å². The highest BCUT2D eigenvalue weighted by molar-refractivity contribution is 5.47. The normalized spacial score (nSPS) is 11.0. The van der Waals surface area contributed by atoms with E-state index in [1.165, 1.54) is 0 Å². The summed E-state index contributed by atoms with van der Waals surface area (Å²) in [4.78, 5) is 4.42. The van der Waals surface area contributed by atoms with Crippen molar-refractivity contribution >= 4 is 5.69 Å². The minimum Gasteiger partial charge on any atom is -0.383 e. The van der Waals surface area contributed by atoms with Gasteiger partial charge in [0, 0.05) is 18.7 Å². The van der Waals surface area contributed by atoms with Crippen molar-refractivity contribution in [1.29, 1.82) is 5.26 Å². The van der Waals surface area contributed by atoms with Crippen molar-refractivity contribution in [3.8, 4) is 6.07 Å². The van der Waals surface area contributed by atoms with E-state index in [0.717, 1.165) is 30.0 Å². The van der Waals surface area contributed by atoms with Crippen molar-refractivity contribution in [1.82, 2.24) is 4.98 Å². The third-order valence-corrected chi connectivity index (χ3v) is 2.90. The Hall–Kier alpha value is -1.56. The van der Waals surface area contributed by atoms with Gasteiger partial charge in [0.1, 0.15) is 0 Å². The fourth-order valence-corrected chi connectivity index (χ4v) is 1.69. The number of nitrogens with zero attached hydrogens (tertiary/aromatic N) is 2. The molecule has 1 N–H and O–H groups in total. The van der Waals surface area contributed by atoms with Crippen LogP contribution in [0.5, 0.6) is 0 Å². The molecule has 0 spiro atoms. The van der Waals surface area contributed by atoms with Crippen molar-refractivity contribution in [3.63, 3.8) is 0 Å². The van der Waals surface area contributed by atoms with Gasteiger partial charge in [-0.2, -0.15) is 5.26 Å². The zero-order chi connectivity index (χ0) is 12.9. The highest BCUT2D eigenvalue weighted by Gasteiger charge is 2.17. The summed E-state index contributed by atoms with van der Waals surface area (Å²) >= 11 is 0. The number of hydrogen-bond acceptors (Lipinski definition) is 3.